The van der Waals surface area contributed by atoms with Gasteiger partial charge in [-0.1, -0.05) is 30.3 Å². The number of halogens is 1. The van der Waals surface area contributed by atoms with E-state index in [9.17, 15) is 14.0 Å². The highest BCUT2D eigenvalue weighted by Crippen LogP contribution is 2.20. The highest BCUT2D eigenvalue weighted by molar-refractivity contribution is 8.00. The number of nitrogens with zero attached hydrogens (tertiary/aromatic N) is 1. The van der Waals surface area contributed by atoms with Gasteiger partial charge in [0.15, 0.2) is 12.4 Å². The molecule has 0 spiro atoms. The van der Waals surface area contributed by atoms with Crippen LogP contribution in [0.25, 0.3) is 11.3 Å². The number of hydrogen-bond acceptors (Lipinski definition) is 6. The summed E-state index contributed by atoms with van der Waals surface area (Å²) in [5.74, 6) is -0.155. The molecule has 3 aromatic rings. The Balaban J connectivity index is 1.36. The van der Waals surface area contributed by atoms with Crippen LogP contribution in [0.4, 0.5) is 10.1 Å². The van der Waals surface area contributed by atoms with Crippen molar-refractivity contribution in [3.8, 4) is 11.3 Å². The molecule has 0 saturated heterocycles. The van der Waals surface area contributed by atoms with Gasteiger partial charge in [0.05, 0.1) is 17.7 Å². The Kier molecular flexibility index (Phi) is 6.80. The van der Waals surface area contributed by atoms with Gasteiger partial charge in [-0.05, 0) is 24.3 Å². The van der Waals surface area contributed by atoms with E-state index in [2.05, 4.69) is 10.3 Å². The molecule has 8 heteroatoms. The van der Waals surface area contributed by atoms with Gasteiger partial charge >= 0.3 is 5.97 Å². The second kappa shape index (κ2) is 9.70. The third-order valence-corrected chi connectivity index (χ3v) is 4.46. The van der Waals surface area contributed by atoms with Crippen LogP contribution in [-0.4, -0.2) is 28.4 Å². The number of carbonyl (C=O) groups is 2. The standard InChI is InChI=1S/C20H17FN2O4S/c21-15-6-8-16(9-7-15)23-18(24)12-28-13-20(25)26-11-19-22-10-17(27-19)14-4-2-1-3-5-14/h1-10H,11-13H2,(H,23,24). The normalized spacial score (nSPS) is 10.5. The lowest BCUT2D eigenvalue weighted by molar-refractivity contribution is -0.142. The predicted octanol–water partition coefficient (Wildman–Crippen LogP) is 3.90. The average Bonchev–Trinajstić information content (AvgIpc) is 3.18. The minimum absolute atomic E-state index is 0.0170. The number of oxazole rings is 1. The van der Waals surface area contributed by atoms with Crippen LogP contribution < -0.4 is 5.32 Å². The van der Waals surface area contributed by atoms with E-state index in [0.29, 0.717) is 17.3 Å². The van der Waals surface area contributed by atoms with Crippen molar-refractivity contribution in [3.63, 3.8) is 0 Å². The molecule has 0 radical (unpaired) electrons. The zero-order chi connectivity index (χ0) is 19.8. The topological polar surface area (TPSA) is 81.4 Å². The summed E-state index contributed by atoms with van der Waals surface area (Å²) in [6, 6.07) is 14.9. The lowest BCUT2D eigenvalue weighted by Crippen LogP contribution is -2.16. The van der Waals surface area contributed by atoms with Crippen LogP contribution >= 0.6 is 11.8 Å². The molecule has 6 nitrogen and oxygen atoms in total. The Morgan fingerprint density at radius 3 is 2.57 bits per heavy atom. The van der Waals surface area contributed by atoms with Crippen LogP contribution in [0.2, 0.25) is 0 Å². The molecule has 1 aromatic heterocycles. The van der Waals surface area contributed by atoms with E-state index in [-0.39, 0.29) is 29.8 Å². The van der Waals surface area contributed by atoms with E-state index in [1.165, 1.54) is 24.3 Å². The minimum Gasteiger partial charge on any atom is -0.455 e. The van der Waals surface area contributed by atoms with Crippen molar-refractivity contribution >= 4 is 29.3 Å². The van der Waals surface area contributed by atoms with Gasteiger partial charge in [-0.2, -0.15) is 0 Å². The molecule has 0 aliphatic carbocycles. The monoisotopic (exact) mass is 400 g/mol. The molecule has 0 aliphatic heterocycles. The Labute approximate surface area is 165 Å². The molecule has 28 heavy (non-hydrogen) atoms. The number of nitrogens with one attached hydrogen (secondary N) is 1. The number of rotatable bonds is 8. The summed E-state index contributed by atoms with van der Waals surface area (Å²) in [7, 11) is 0. The second-order valence-corrected chi connectivity index (χ2v) is 6.68. The number of aromatic nitrogens is 1. The molecule has 0 fully saturated rings. The Morgan fingerprint density at radius 1 is 1.07 bits per heavy atom. The van der Waals surface area contributed by atoms with Crippen LogP contribution in [0.5, 0.6) is 0 Å². The molecule has 0 unspecified atom stereocenters. The van der Waals surface area contributed by atoms with Crippen LogP contribution in [0, 0.1) is 5.82 Å². The van der Waals surface area contributed by atoms with Crippen molar-refractivity contribution in [2.45, 2.75) is 6.61 Å². The Bertz CT molecular complexity index is 929. The van der Waals surface area contributed by atoms with E-state index in [1.54, 1.807) is 6.20 Å². The van der Waals surface area contributed by atoms with E-state index >= 15 is 0 Å². The summed E-state index contributed by atoms with van der Waals surface area (Å²) in [5, 5.41) is 2.62. The average molecular weight is 400 g/mol. The lowest BCUT2D eigenvalue weighted by atomic mass is 10.2. The molecular weight excluding hydrogens is 383 g/mol. The van der Waals surface area contributed by atoms with Crippen LogP contribution in [0.3, 0.4) is 0 Å². The largest absolute Gasteiger partial charge is 0.455 e. The maximum Gasteiger partial charge on any atom is 0.316 e. The Morgan fingerprint density at radius 2 is 1.82 bits per heavy atom. The first kappa shape index (κ1) is 19.6. The maximum atomic E-state index is 12.8. The number of thioether (sulfide) groups is 1. The third kappa shape index (κ3) is 5.95. The first-order valence-corrected chi connectivity index (χ1v) is 9.54. The zero-order valence-electron chi connectivity index (χ0n) is 14.8. The summed E-state index contributed by atoms with van der Waals surface area (Å²) >= 11 is 1.12. The predicted molar refractivity (Wildman–Crippen MR) is 104 cm³/mol. The molecule has 1 N–H and O–H groups in total. The number of anilines is 1. The van der Waals surface area contributed by atoms with Crippen LogP contribution in [-0.2, 0) is 20.9 Å². The summed E-state index contributed by atoms with van der Waals surface area (Å²) in [6.45, 7) is -0.0754. The van der Waals surface area contributed by atoms with Gasteiger partial charge < -0.3 is 14.5 Å². The third-order valence-electron chi connectivity index (χ3n) is 3.55. The number of esters is 1. The molecule has 144 valence electrons. The van der Waals surface area contributed by atoms with Crippen molar-refractivity contribution in [3.05, 3.63) is 72.5 Å². The van der Waals surface area contributed by atoms with Crippen molar-refractivity contribution in [1.29, 1.82) is 0 Å². The van der Waals surface area contributed by atoms with Gasteiger partial charge in [0, 0.05) is 11.3 Å². The highest BCUT2D eigenvalue weighted by Gasteiger charge is 2.11. The number of ether oxygens (including phenoxy) is 1. The SMILES string of the molecule is O=C(CSCC(=O)OCc1ncc(-c2ccccc2)o1)Nc1ccc(F)cc1. The fourth-order valence-electron chi connectivity index (χ4n) is 2.25. The van der Waals surface area contributed by atoms with Gasteiger partial charge in [0.25, 0.3) is 0 Å². The van der Waals surface area contributed by atoms with E-state index in [1.807, 2.05) is 30.3 Å². The van der Waals surface area contributed by atoms with Gasteiger partial charge in [0.2, 0.25) is 11.8 Å². The lowest BCUT2D eigenvalue weighted by Gasteiger charge is -2.05. The quantitative estimate of drug-likeness (QED) is 0.578. The Hall–Kier alpha value is -3.13. The first-order valence-electron chi connectivity index (χ1n) is 8.39. The molecular formula is C20H17FN2O4S. The van der Waals surface area contributed by atoms with E-state index in [0.717, 1.165) is 17.3 Å². The maximum absolute atomic E-state index is 12.8. The smallest absolute Gasteiger partial charge is 0.316 e. The molecule has 0 atom stereocenters. The van der Waals surface area contributed by atoms with Gasteiger partial charge in [0.1, 0.15) is 5.82 Å². The van der Waals surface area contributed by atoms with E-state index in [4.69, 9.17) is 9.15 Å². The number of amides is 1. The van der Waals surface area contributed by atoms with Crippen molar-refractivity contribution in [2.24, 2.45) is 0 Å². The summed E-state index contributed by atoms with van der Waals surface area (Å²) < 4.78 is 23.5. The number of carbonyl (C=O) groups excluding carboxylic acids is 2. The van der Waals surface area contributed by atoms with Crippen molar-refractivity contribution in [1.82, 2.24) is 4.98 Å². The van der Waals surface area contributed by atoms with Crippen LogP contribution in [0.1, 0.15) is 5.89 Å². The zero-order valence-corrected chi connectivity index (χ0v) is 15.6. The molecule has 0 bridgehead atoms. The molecule has 1 heterocycles. The fourth-order valence-corrected chi connectivity index (χ4v) is 2.86. The summed E-state index contributed by atoms with van der Waals surface area (Å²) in [5.41, 5.74) is 1.38. The summed E-state index contributed by atoms with van der Waals surface area (Å²) in [6.07, 6.45) is 1.58. The fraction of sp³-hybridized carbons (Fsp3) is 0.150. The molecule has 1 amide bonds. The van der Waals surface area contributed by atoms with Gasteiger partial charge in [-0.15, -0.1) is 11.8 Å². The molecule has 0 aliphatic rings. The number of benzene rings is 2. The highest BCUT2D eigenvalue weighted by atomic mass is 32.2. The van der Waals surface area contributed by atoms with Gasteiger partial charge in [-0.3, -0.25) is 9.59 Å². The number of hydrogen-bond donors (Lipinski definition) is 1. The molecule has 3 rings (SSSR count). The van der Waals surface area contributed by atoms with Crippen molar-refractivity contribution < 1.29 is 23.1 Å². The van der Waals surface area contributed by atoms with Crippen LogP contribution in [0.15, 0.2) is 65.2 Å². The van der Waals surface area contributed by atoms with E-state index < -0.39 is 5.97 Å². The molecule has 2 aromatic carbocycles. The first-order chi connectivity index (χ1) is 13.6. The van der Waals surface area contributed by atoms with Crippen molar-refractivity contribution in [2.75, 3.05) is 16.8 Å². The second-order valence-electron chi connectivity index (χ2n) is 5.69. The molecule has 0 saturated carbocycles. The summed E-state index contributed by atoms with van der Waals surface area (Å²) in [4.78, 5) is 27.7. The minimum atomic E-state index is -0.473. The van der Waals surface area contributed by atoms with Gasteiger partial charge in [-0.25, -0.2) is 9.37 Å².